The molecule has 8 heteroatoms. The number of aromatic nitrogens is 2. The van der Waals surface area contributed by atoms with Crippen molar-refractivity contribution in [3.05, 3.63) is 125 Å². The summed E-state index contributed by atoms with van der Waals surface area (Å²) in [5.41, 5.74) is 3.72. The van der Waals surface area contributed by atoms with E-state index in [4.69, 9.17) is 0 Å². The zero-order valence-corrected chi connectivity index (χ0v) is 19.1. The van der Waals surface area contributed by atoms with Gasteiger partial charge in [-0.15, -0.1) is 0 Å². The van der Waals surface area contributed by atoms with Crippen molar-refractivity contribution >= 4 is 15.8 Å². The molecule has 0 saturated heterocycles. The second-order valence-electron chi connectivity index (χ2n) is 7.85. The molecular weight excluding hydrogens is 451 g/mol. The van der Waals surface area contributed by atoms with Gasteiger partial charge in [-0.1, -0.05) is 36.4 Å². The summed E-state index contributed by atoms with van der Waals surface area (Å²) in [5, 5.41) is 9.24. The molecule has 0 radical (unpaired) electrons. The molecule has 0 spiro atoms. The third kappa shape index (κ3) is 5.45. The second-order valence-corrected chi connectivity index (χ2v) is 9.60. The predicted molar refractivity (Wildman–Crippen MR) is 128 cm³/mol. The minimum atomic E-state index is -3.52. The molecule has 4 rings (SSSR count). The molecule has 2 atom stereocenters. The Morgan fingerprint density at radius 2 is 1.56 bits per heavy atom. The molecule has 0 amide bonds. The summed E-state index contributed by atoms with van der Waals surface area (Å²) in [6.45, 7) is 0. The average Bonchev–Trinajstić information content (AvgIpc) is 2.83. The highest BCUT2D eigenvalue weighted by Gasteiger charge is 2.30. The van der Waals surface area contributed by atoms with Crippen LogP contribution in [0.5, 0.6) is 0 Å². The van der Waals surface area contributed by atoms with Crippen LogP contribution in [0.15, 0.2) is 91.3 Å². The van der Waals surface area contributed by atoms with E-state index in [1.165, 1.54) is 12.1 Å². The van der Waals surface area contributed by atoms with E-state index < -0.39 is 15.9 Å². The second kappa shape index (κ2) is 9.81. The number of halogens is 1. The fourth-order valence-corrected chi connectivity index (χ4v) is 4.47. The maximum Gasteiger partial charge on any atom is 0.230 e. The molecule has 1 N–H and O–H groups in total. The zero-order valence-electron chi connectivity index (χ0n) is 18.3. The maximum absolute atomic E-state index is 13.8. The van der Waals surface area contributed by atoms with Crippen LogP contribution < -0.4 is 4.72 Å². The van der Waals surface area contributed by atoms with Gasteiger partial charge in [0.2, 0.25) is 10.0 Å². The molecule has 0 aliphatic rings. The Hall–Kier alpha value is -4.09. The maximum atomic E-state index is 13.8. The van der Waals surface area contributed by atoms with Crippen LogP contribution in [0, 0.1) is 17.1 Å². The van der Waals surface area contributed by atoms with E-state index in [0.29, 0.717) is 11.3 Å². The van der Waals surface area contributed by atoms with E-state index in [0.717, 1.165) is 22.9 Å². The van der Waals surface area contributed by atoms with E-state index in [-0.39, 0.29) is 17.6 Å². The fourth-order valence-electron chi connectivity index (χ4n) is 3.98. The van der Waals surface area contributed by atoms with E-state index >= 15 is 0 Å². The number of nitriles is 1. The molecule has 2 aromatic carbocycles. The topological polar surface area (TPSA) is 95.7 Å². The zero-order chi connectivity index (χ0) is 24.1. The van der Waals surface area contributed by atoms with E-state index in [1.807, 2.05) is 30.3 Å². The van der Waals surface area contributed by atoms with Gasteiger partial charge >= 0.3 is 0 Å². The van der Waals surface area contributed by atoms with E-state index in [1.54, 1.807) is 48.8 Å². The van der Waals surface area contributed by atoms with Crippen molar-refractivity contribution in [2.45, 2.75) is 11.8 Å². The van der Waals surface area contributed by atoms with Gasteiger partial charge in [0, 0.05) is 24.2 Å². The van der Waals surface area contributed by atoms with Gasteiger partial charge in [-0.2, -0.15) is 5.26 Å². The third-order valence-corrected chi connectivity index (χ3v) is 5.96. The van der Waals surface area contributed by atoms with Crippen LogP contribution in [-0.2, 0) is 10.0 Å². The van der Waals surface area contributed by atoms with Crippen LogP contribution >= 0.6 is 0 Å². The lowest BCUT2D eigenvalue weighted by atomic mass is 9.75. The lowest BCUT2D eigenvalue weighted by Gasteiger charge is -2.28. The van der Waals surface area contributed by atoms with Gasteiger partial charge in [0.05, 0.1) is 23.6 Å². The first kappa shape index (κ1) is 23.1. The van der Waals surface area contributed by atoms with Crippen molar-refractivity contribution in [2.75, 3.05) is 11.0 Å². The summed E-state index contributed by atoms with van der Waals surface area (Å²) < 4.78 is 39.8. The Morgan fingerprint density at radius 3 is 2.18 bits per heavy atom. The number of anilines is 1. The van der Waals surface area contributed by atoms with Crippen molar-refractivity contribution in [3.63, 3.8) is 0 Å². The molecule has 170 valence electrons. The first-order valence-corrected chi connectivity index (χ1v) is 12.3. The Morgan fingerprint density at radius 1 is 0.882 bits per heavy atom. The number of benzene rings is 2. The number of nitrogens with zero attached hydrogens (tertiary/aromatic N) is 3. The van der Waals surface area contributed by atoms with Crippen LogP contribution in [0.4, 0.5) is 10.2 Å². The standard InChI is InChI=1S/C26H21FN4O2S/c1-34(32,33)31-24-6-2-5-23(30-24)26(20-11-13-22(27)14-12-20)25(21-4-3-15-29-17-21)19-9-7-18(16-28)8-10-19/h2-15,17,25-26H,1H3,(H,30,31)/t25?,26-/m0/s1. The van der Waals surface area contributed by atoms with Crippen molar-refractivity contribution in [1.82, 2.24) is 9.97 Å². The SMILES string of the molecule is CS(=O)(=O)Nc1cccc([C@H](c2ccc(F)cc2)C(c2ccc(C#N)cc2)c2cccnc2)n1. The van der Waals surface area contributed by atoms with Gasteiger partial charge in [0.1, 0.15) is 11.6 Å². The quantitative estimate of drug-likeness (QED) is 0.416. The smallest absolute Gasteiger partial charge is 0.230 e. The summed E-state index contributed by atoms with van der Waals surface area (Å²) in [5.74, 6) is -0.872. The van der Waals surface area contributed by atoms with Crippen LogP contribution in [0.3, 0.4) is 0 Å². The molecule has 0 saturated carbocycles. The van der Waals surface area contributed by atoms with Crippen LogP contribution in [0.2, 0.25) is 0 Å². The monoisotopic (exact) mass is 472 g/mol. The molecule has 0 aliphatic carbocycles. The number of nitrogens with one attached hydrogen (secondary N) is 1. The largest absolute Gasteiger partial charge is 0.268 e. The Labute approximate surface area is 197 Å². The minimum absolute atomic E-state index is 0.192. The summed E-state index contributed by atoms with van der Waals surface area (Å²) in [6, 6.07) is 24.5. The predicted octanol–water partition coefficient (Wildman–Crippen LogP) is 4.82. The molecule has 0 aliphatic heterocycles. The summed E-state index contributed by atoms with van der Waals surface area (Å²) >= 11 is 0. The van der Waals surface area contributed by atoms with E-state index in [9.17, 15) is 18.1 Å². The normalized spacial score (nSPS) is 13.0. The minimum Gasteiger partial charge on any atom is -0.268 e. The highest BCUT2D eigenvalue weighted by atomic mass is 32.2. The van der Waals surface area contributed by atoms with Crippen molar-refractivity contribution < 1.29 is 12.8 Å². The third-order valence-electron chi connectivity index (χ3n) is 5.38. The number of hydrogen-bond acceptors (Lipinski definition) is 5. The van der Waals surface area contributed by atoms with Gasteiger partial charge < -0.3 is 0 Å². The summed E-state index contributed by atoms with van der Waals surface area (Å²) in [7, 11) is -3.52. The molecule has 34 heavy (non-hydrogen) atoms. The lowest BCUT2D eigenvalue weighted by molar-refractivity contribution is 0.606. The van der Waals surface area contributed by atoms with Gasteiger partial charge in [-0.25, -0.2) is 17.8 Å². The molecule has 2 aromatic heterocycles. The summed E-state index contributed by atoms with van der Waals surface area (Å²) in [6.07, 6.45) is 4.51. The molecule has 1 unspecified atom stereocenters. The van der Waals surface area contributed by atoms with Crippen LogP contribution in [0.25, 0.3) is 0 Å². The highest BCUT2D eigenvalue weighted by molar-refractivity contribution is 7.92. The van der Waals surface area contributed by atoms with Crippen LogP contribution in [0.1, 0.15) is 39.8 Å². The van der Waals surface area contributed by atoms with Crippen LogP contribution in [-0.4, -0.2) is 24.6 Å². The summed E-state index contributed by atoms with van der Waals surface area (Å²) in [4.78, 5) is 8.90. The Kier molecular flexibility index (Phi) is 6.66. The number of hydrogen-bond donors (Lipinski definition) is 1. The molecule has 0 fully saturated rings. The number of rotatable bonds is 7. The Balaban J connectivity index is 1.93. The molecule has 4 aromatic rings. The first-order chi connectivity index (χ1) is 16.3. The average molecular weight is 473 g/mol. The number of pyridine rings is 2. The molecule has 2 heterocycles. The highest BCUT2D eigenvalue weighted by Crippen LogP contribution is 2.42. The van der Waals surface area contributed by atoms with Gasteiger partial charge in [0.15, 0.2) is 0 Å². The first-order valence-electron chi connectivity index (χ1n) is 10.4. The number of sulfonamides is 1. The van der Waals surface area contributed by atoms with Crippen molar-refractivity contribution in [3.8, 4) is 6.07 Å². The molecule has 6 nitrogen and oxygen atoms in total. The van der Waals surface area contributed by atoms with Crippen molar-refractivity contribution in [2.24, 2.45) is 0 Å². The fraction of sp³-hybridized carbons (Fsp3) is 0.115. The van der Waals surface area contributed by atoms with E-state index in [2.05, 4.69) is 20.8 Å². The lowest BCUT2D eigenvalue weighted by Crippen LogP contribution is -2.18. The Bertz CT molecular complexity index is 1420. The van der Waals surface area contributed by atoms with Crippen molar-refractivity contribution in [1.29, 1.82) is 5.26 Å². The van der Waals surface area contributed by atoms with Gasteiger partial charge in [-0.05, 0) is 59.2 Å². The molecular formula is C26H21FN4O2S. The van der Waals surface area contributed by atoms with Gasteiger partial charge in [-0.3, -0.25) is 9.71 Å². The molecule has 0 bridgehead atoms. The van der Waals surface area contributed by atoms with Gasteiger partial charge in [0.25, 0.3) is 0 Å².